The maximum atomic E-state index is 13.6. The van der Waals surface area contributed by atoms with Gasteiger partial charge in [0.25, 0.3) is 0 Å². The second kappa shape index (κ2) is 6.48. The van der Waals surface area contributed by atoms with Crippen LogP contribution >= 0.6 is 0 Å². The van der Waals surface area contributed by atoms with Gasteiger partial charge in [-0.05, 0) is 36.1 Å². The van der Waals surface area contributed by atoms with Crippen LogP contribution in [0.15, 0.2) is 42.5 Å². The summed E-state index contributed by atoms with van der Waals surface area (Å²) in [6.07, 6.45) is 0.821. The number of benzene rings is 2. The molecule has 2 nitrogen and oxygen atoms in total. The summed E-state index contributed by atoms with van der Waals surface area (Å²) >= 11 is 0. The van der Waals surface area contributed by atoms with Crippen LogP contribution in [0, 0.1) is 11.6 Å². The monoisotopic (exact) mass is 277 g/mol. The maximum absolute atomic E-state index is 13.6. The van der Waals surface area contributed by atoms with Crippen LogP contribution in [-0.2, 0) is 12.8 Å². The topological polar surface area (TPSA) is 35.2 Å². The number of methoxy groups -OCH3 is 1. The molecule has 0 aliphatic rings. The zero-order chi connectivity index (χ0) is 14.5. The lowest BCUT2D eigenvalue weighted by Gasteiger charge is -2.14. The molecule has 2 rings (SSSR count). The number of hydrogen-bond donors (Lipinski definition) is 1. The van der Waals surface area contributed by atoms with Crippen LogP contribution in [-0.4, -0.2) is 13.2 Å². The molecule has 1 unspecified atom stereocenters. The maximum Gasteiger partial charge on any atom is 0.162 e. The molecular formula is C16H17F2NO. The van der Waals surface area contributed by atoms with Crippen LogP contribution in [0.3, 0.4) is 0 Å². The molecule has 0 saturated carbocycles. The molecule has 0 aromatic heterocycles. The highest BCUT2D eigenvalue weighted by Crippen LogP contribution is 2.20. The van der Waals surface area contributed by atoms with Gasteiger partial charge in [-0.15, -0.1) is 0 Å². The largest absolute Gasteiger partial charge is 0.496 e. The Bertz CT molecular complexity index is 586. The summed E-state index contributed by atoms with van der Waals surface area (Å²) in [6, 6.07) is 11.4. The molecular weight excluding hydrogens is 260 g/mol. The first-order chi connectivity index (χ1) is 9.61. The average molecular weight is 277 g/mol. The lowest BCUT2D eigenvalue weighted by molar-refractivity contribution is 0.407. The van der Waals surface area contributed by atoms with E-state index in [0.717, 1.165) is 17.4 Å². The van der Waals surface area contributed by atoms with Crippen LogP contribution in [0.5, 0.6) is 5.75 Å². The summed E-state index contributed by atoms with van der Waals surface area (Å²) in [6.45, 7) is 0. The number of hydrogen-bond acceptors (Lipinski definition) is 2. The molecule has 0 aliphatic carbocycles. The van der Waals surface area contributed by atoms with E-state index in [9.17, 15) is 8.78 Å². The second-order valence-corrected chi connectivity index (χ2v) is 4.69. The highest BCUT2D eigenvalue weighted by Gasteiger charge is 2.13. The highest BCUT2D eigenvalue weighted by atomic mass is 19.2. The van der Waals surface area contributed by atoms with Crippen molar-refractivity contribution in [3.05, 3.63) is 65.2 Å². The number of nitrogens with two attached hydrogens (primary N) is 1. The summed E-state index contributed by atoms with van der Waals surface area (Å²) < 4.78 is 32.0. The van der Waals surface area contributed by atoms with Gasteiger partial charge in [0, 0.05) is 6.04 Å². The fraction of sp³-hybridized carbons (Fsp3) is 0.250. The van der Waals surface area contributed by atoms with E-state index in [1.54, 1.807) is 13.2 Å². The molecule has 0 bridgehead atoms. The van der Waals surface area contributed by atoms with Crippen LogP contribution < -0.4 is 10.5 Å². The number of para-hydroxylation sites is 1. The molecule has 0 amide bonds. The minimum atomic E-state index is -0.841. The summed E-state index contributed by atoms with van der Waals surface area (Å²) in [4.78, 5) is 0. The average Bonchev–Trinajstić information content (AvgIpc) is 2.44. The van der Waals surface area contributed by atoms with E-state index in [-0.39, 0.29) is 12.5 Å². The van der Waals surface area contributed by atoms with Crippen LogP contribution in [0.1, 0.15) is 11.1 Å². The molecule has 1 atom stereocenters. The van der Waals surface area contributed by atoms with E-state index < -0.39 is 11.6 Å². The SMILES string of the molecule is COc1ccccc1CC(N)Cc1cccc(F)c1F. The summed E-state index contributed by atoms with van der Waals surface area (Å²) in [7, 11) is 1.59. The van der Waals surface area contributed by atoms with Crippen molar-refractivity contribution >= 4 is 0 Å². The molecule has 0 fully saturated rings. The van der Waals surface area contributed by atoms with Crippen LogP contribution in [0.4, 0.5) is 8.78 Å². The van der Waals surface area contributed by atoms with Crippen molar-refractivity contribution in [3.63, 3.8) is 0 Å². The van der Waals surface area contributed by atoms with E-state index in [2.05, 4.69) is 0 Å². The molecule has 0 spiro atoms. The van der Waals surface area contributed by atoms with E-state index in [0.29, 0.717) is 12.0 Å². The van der Waals surface area contributed by atoms with Gasteiger partial charge in [-0.3, -0.25) is 0 Å². The Morgan fingerprint density at radius 3 is 2.40 bits per heavy atom. The van der Waals surface area contributed by atoms with Gasteiger partial charge < -0.3 is 10.5 Å². The molecule has 0 radical (unpaired) electrons. The predicted molar refractivity (Wildman–Crippen MR) is 74.7 cm³/mol. The Morgan fingerprint density at radius 1 is 1.00 bits per heavy atom. The predicted octanol–water partition coefficient (Wildman–Crippen LogP) is 3.09. The summed E-state index contributed by atoms with van der Waals surface area (Å²) in [5.41, 5.74) is 7.29. The van der Waals surface area contributed by atoms with Gasteiger partial charge in [0.15, 0.2) is 11.6 Å². The Hall–Kier alpha value is -1.94. The second-order valence-electron chi connectivity index (χ2n) is 4.69. The van der Waals surface area contributed by atoms with Gasteiger partial charge in [-0.2, -0.15) is 0 Å². The first-order valence-electron chi connectivity index (χ1n) is 6.42. The van der Waals surface area contributed by atoms with Crippen LogP contribution in [0.2, 0.25) is 0 Å². The smallest absolute Gasteiger partial charge is 0.162 e. The third-order valence-corrected chi connectivity index (χ3v) is 3.19. The van der Waals surface area contributed by atoms with E-state index >= 15 is 0 Å². The molecule has 2 N–H and O–H groups in total. The van der Waals surface area contributed by atoms with Crippen molar-refractivity contribution in [3.8, 4) is 5.75 Å². The Kier molecular flexibility index (Phi) is 4.69. The molecule has 2 aromatic rings. The zero-order valence-electron chi connectivity index (χ0n) is 11.3. The fourth-order valence-electron chi connectivity index (χ4n) is 2.21. The van der Waals surface area contributed by atoms with Gasteiger partial charge in [0.2, 0.25) is 0 Å². The molecule has 4 heteroatoms. The Balaban J connectivity index is 2.09. The fourth-order valence-corrected chi connectivity index (χ4v) is 2.21. The van der Waals surface area contributed by atoms with Crippen molar-refractivity contribution in [1.82, 2.24) is 0 Å². The Labute approximate surface area is 117 Å². The highest BCUT2D eigenvalue weighted by molar-refractivity contribution is 5.34. The lowest BCUT2D eigenvalue weighted by Crippen LogP contribution is -2.26. The van der Waals surface area contributed by atoms with Gasteiger partial charge >= 0.3 is 0 Å². The third kappa shape index (κ3) is 3.33. The molecule has 0 heterocycles. The van der Waals surface area contributed by atoms with Gasteiger partial charge in [-0.25, -0.2) is 8.78 Å². The van der Waals surface area contributed by atoms with Crippen molar-refractivity contribution < 1.29 is 13.5 Å². The van der Waals surface area contributed by atoms with E-state index in [4.69, 9.17) is 10.5 Å². The minimum absolute atomic E-state index is 0.279. The van der Waals surface area contributed by atoms with E-state index in [1.807, 2.05) is 24.3 Å². The molecule has 20 heavy (non-hydrogen) atoms. The molecule has 106 valence electrons. The first kappa shape index (κ1) is 14.5. The number of halogens is 2. The van der Waals surface area contributed by atoms with Crippen molar-refractivity contribution in [2.24, 2.45) is 5.73 Å². The quantitative estimate of drug-likeness (QED) is 0.911. The third-order valence-electron chi connectivity index (χ3n) is 3.19. The number of ether oxygens (including phenoxy) is 1. The van der Waals surface area contributed by atoms with Gasteiger partial charge in [-0.1, -0.05) is 30.3 Å². The Morgan fingerprint density at radius 2 is 1.65 bits per heavy atom. The van der Waals surface area contributed by atoms with Crippen molar-refractivity contribution in [2.75, 3.05) is 7.11 Å². The lowest BCUT2D eigenvalue weighted by atomic mass is 9.99. The van der Waals surface area contributed by atoms with Crippen LogP contribution in [0.25, 0.3) is 0 Å². The summed E-state index contributed by atoms with van der Waals surface area (Å²) in [5, 5.41) is 0. The van der Waals surface area contributed by atoms with E-state index in [1.165, 1.54) is 6.07 Å². The van der Waals surface area contributed by atoms with Crippen molar-refractivity contribution in [2.45, 2.75) is 18.9 Å². The zero-order valence-corrected chi connectivity index (χ0v) is 11.3. The minimum Gasteiger partial charge on any atom is -0.496 e. The van der Waals surface area contributed by atoms with Gasteiger partial charge in [0.1, 0.15) is 5.75 Å². The van der Waals surface area contributed by atoms with Gasteiger partial charge in [0.05, 0.1) is 7.11 Å². The number of rotatable bonds is 5. The molecule has 0 aliphatic heterocycles. The normalized spacial score (nSPS) is 12.2. The van der Waals surface area contributed by atoms with Crippen molar-refractivity contribution in [1.29, 1.82) is 0 Å². The summed E-state index contributed by atoms with van der Waals surface area (Å²) in [5.74, 6) is -0.905. The molecule has 2 aromatic carbocycles. The first-order valence-corrected chi connectivity index (χ1v) is 6.42. The molecule has 0 saturated heterocycles. The standard InChI is InChI=1S/C16H17F2NO/c1-20-15-8-3-2-5-11(15)9-13(19)10-12-6-4-7-14(17)16(12)18/h2-8,13H,9-10,19H2,1H3.